The molecular weight excluding hydrogens is 343 g/mol. The van der Waals surface area contributed by atoms with Crippen molar-refractivity contribution in [2.75, 3.05) is 25.6 Å². The normalized spacial score (nSPS) is 22.7. The van der Waals surface area contributed by atoms with Gasteiger partial charge in [-0.3, -0.25) is 4.79 Å². The average molecular weight is 366 g/mol. The monoisotopic (exact) mass is 366 g/mol. The van der Waals surface area contributed by atoms with Crippen molar-refractivity contribution < 1.29 is 13.9 Å². The van der Waals surface area contributed by atoms with Crippen molar-refractivity contribution in [3.63, 3.8) is 0 Å². The fourth-order valence-corrected chi connectivity index (χ4v) is 4.10. The predicted octanol–water partition coefficient (Wildman–Crippen LogP) is 4.03. The maximum atomic E-state index is 13.3. The molecule has 2 aromatic rings. The first-order chi connectivity index (χ1) is 13.2. The smallest absolute Gasteiger partial charge is 0.251 e. The molecule has 2 N–H and O–H groups in total. The SMILES string of the molecule is COCCNC(=O)c1ccc2c(c1)C1C=CCC1C(c1ccc(F)cc1)N2. The molecule has 0 saturated carbocycles. The highest BCUT2D eigenvalue weighted by Gasteiger charge is 2.38. The maximum absolute atomic E-state index is 13.3. The third kappa shape index (κ3) is 3.47. The van der Waals surface area contributed by atoms with Crippen molar-refractivity contribution in [3.8, 4) is 0 Å². The fourth-order valence-electron chi connectivity index (χ4n) is 4.10. The van der Waals surface area contributed by atoms with Crippen molar-refractivity contribution in [3.05, 3.63) is 77.1 Å². The van der Waals surface area contributed by atoms with Crippen molar-refractivity contribution in [1.82, 2.24) is 5.32 Å². The Labute approximate surface area is 158 Å². The second-order valence-corrected chi connectivity index (χ2v) is 7.08. The van der Waals surface area contributed by atoms with Crippen molar-refractivity contribution in [1.29, 1.82) is 0 Å². The lowest BCUT2D eigenvalue weighted by Gasteiger charge is -2.37. The van der Waals surface area contributed by atoms with E-state index in [0.29, 0.717) is 24.6 Å². The number of nitrogens with one attached hydrogen (secondary N) is 2. The lowest BCUT2D eigenvalue weighted by molar-refractivity contribution is 0.0937. The summed E-state index contributed by atoms with van der Waals surface area (Å²) in [5, 5.41) is 6.48. The molecule has 140 valence electrons. The van der Waals surface area contributed by atoms with E-state index in [1.165, 1.54) is 12.1 Å². The minimum absolute atomic E-state index is 0.0889. The molecule has 1 aliphatic carbocycles. The van der Waals surface area contributed by atoms with Crippen LogP contribution >= 0.6 is 0 Å². The van der Waals surface area contributed by atoms with Gasteiger partial charge in [0.2, 0.25) is 0 Å². The number of fused-ring (bicyclic) bond motifs is 3. The third-order valence-electron chi connectivity index (χ3n) is 5.45. The molecule has 2 aliphatic rings. The molecule has 4 rings (SSSR count). The summed E-state index contributed by atoms with van der Waals surface area (Å²) in [7, 11) is 1.61. The molecular formula is C22H23FN2O2. The predicted molar refractivity (Wildman–Crippen MR) is 103 cm³/mol. The summed E-state index contributed by atoms with van der Waals surface area (Å²) in [6.07, 6.45) is 5.39. The van der Waals surface area contributed by atoms with E-state index in [0.717, 1.165) is 23.2 Å². The molecule has 3 unspecified atom stereocenters. The molecule has 0 spiro atoms. The summed E-state index contributed by atoms with van der Waals surface area (Å²) in [6, 6.07) is 12.6. The Bertz CT molecular complexity index is 863. The largest absolute Gasteiger partial charge is 0.383 e. The van der Waals surface area contributed by atoms with Crippen molar-refractivity contribution in [2.45, 2.75) is 18.4 Å². The summed E-state index contributed by atoms with van der Waals surface area (Å²) in [5.41, 5.74) is 3.92. The van der Waals surface area contributed by atoms with Crippen molar-refractivity contribution in [2.24, 2.45) is 5.92 Å². The van der Waals surface area contributed by atoms with Crippen LogP contribution in [0.3, 0.4) is 0 Å². The van der Waals surface area contributed by atoms with Crippen molar-refractivity contribution >= 4 is 11.6 Å². The van der Waals surface area contributed by atoms with Crippen LogP contribution in [0.5, 0.6) is 0 Å². The Morgan fingerprint density at radius 1 is 1.26 bits per heavy atom. The van der Waals surface area contributed by atoms with Gasteiger partial charge in [0, 0.05) is 30.8 Å². The van der Waals surface area contributed by atoms with Gasteiger partial charge in [0.15, 0.2) is 0 Å². The van der Waals surface area contributed by atoms with Gasteiger partial charge >= 0.3 is 0 Å². The number of methoxy groups -OCH3 is 1. The first kappa shape index (κ1) is 17.7. The van der Waals surface area contributed by atoms with Crippen LogP contribution in [0.4, 0.5) is 10.1 Å². The summed E-state index contributed by atoms with van der Waals surface area (Å²) in [5.74, 6) is 0.298. The quantitative estimate of drug-likeness (QED) is 0.621. The van der Waals surface area contributed by atoms with E-state index in [4.69, 9.17) is 4.74 Å². The first-order valence-electron chi connectivity index (χ1n) is 9.27. The summed E-state index contributed by atoms with van der Waals surface area (Å²) >= 11 is 0. The van der Waals surface area contributed by atoms with Gasteiger partial charge in [0.05, 0.1) is 12.6 Å². The van der Waals surface area contributed by atoms with Gasteiger partial charge in [-0.25, -0.2) is 4.39 Å². The second kappa shape index (κ2) is 7.53. The number of benzene rings is 2. The number of hydrogen-bond acceptors (Lipinski definition) is 3. The Balaban J connectivity index is 1.61. The van der Waals surface area contributed by atoms with E-state index in [1.54, 1.807) is 7.11 Å². The van der Waals surface area contributed by atoms with Crippen LogP contribution in [0.1, 0.15) is 39.9 Å². The Kier molecular flexibility index (Phi) is 4.94. The van der Waals surface area contributed by atoms with Gasteiger partial charge in [-0.1, -0.05) is 24.3 Å². The molecule has 0 radical (unpaired) electrons. The van der Waals surface area contributed by atoms with Gasteiger partial charge in [-0.2, -0.15) is 0 Å². The Morgan fingerprint density at radius 3 is 2.85 bits per heavy atom. The molecule has 1 amide bonds. The number of ether oxygens (including phenoxy) is 1. The molecule has 1 aliphatic heterocycles. The zero-order chi connectivity index (χ0) is 18.8. The highest BCUT2D eigenvalue weighted by Crippen LogP contribution is 2.49. The number of carbonyl (C=O) groups excluding carboxylic acids is 1. The number of amides is 1. The molecule has 1 heterocycles. The zero-order valence-electron chi connectivity index (χ0n) is 15.2. The number of allylic oxidation sites excluding steroid dienone is 2. The van der Waals surface area contributed by atoms with E-state index in [2.05, 4.69) is 22.8 Å². The molecule has 5 heteroatoms. The van der Waals surface area contributed by atoms with Crippen LogP contribution in [0.25, 0.3) is 0 Å². The number of halogens is 1. The molecule has 0 aromatic heterocycles. The number of carbonyl (C=O) groups is 1. The fraction of sp³-hybridized carbons (Fsp3) is 0.318. The van der Waals surface area contributed by atoms with E-state index in [-0.39, 0.29) is 23.7 Å². The van der Waals surface area contributed by atoms with E-state index >= 15 is 0 Å². The number of rotatable bonds is 5. The maximum Gasteiger partial charge on any atom is 0.251 e. The standard InChI is InChI=1S/C22H23FN2O2/c1-27-12-11-24-22(26)15-7-10-20-19(13-15)17-3-2-4-18(17)21(25-20)14-5-8-16(23)9-6-14/h2-3,5-10,13,17-18,21,25H,4,11-12H2,1H3,(H,24,26). The molecule has 4 nitrogen and oxygen atoms in total. The first-order valence-corrected chi connectivity index (χ1v) is 9.27. The van der Waals surface area contributed by atoms with E-state index in [1.807, 2.05) is 30.3 Å². The van der Waals surface area contributed by atoms with Crippen LogP contribution < -0.4 is 10.6 Å². The topological polar surface area (TPSA) is 50.4 Å². The second-order valence-electron chi connectivity index (χ2n) is 7.08. The van der Waals surface area contributed by atoms with Gasteiger partial charge in [-0.05, 0) is 53.8 Å². The van der Waals surface area contributed by atoms with E-state index in [9.17, 15) is 9.18 Å². The zero-order valence-corrected chi connectivity index (χ0v) is 15.2. The number of anilines is 1. The molecule has 0 fully saturated rings. The summed E-state index contributed by atoms with van der Waals surface area (Å²) in [4.78, 5) is 12.4. The van der Waals surface area contributed by atoms with Crippen LogP contribution in [0.2, 0.25) is 0 Å². The molecule has 0 saturated heterocycles. The van der Waals surface area contributed by atoms with Crippen LogP contribution in [0, 0.1) is 11.7 Å². The van der Waals surface area contributed by atoms with Gasteiger partial charge in [-0.15, -0.1) is 0 Å². The molecule has 0 bridgehead atoms. The third-order valence-corrected chi connectivity index (χ3v) is 5.45. The Hall–Kier alpha value is -2.66. The minimum Gasteiger partial charge on any atom is -0.383 e. The number of hydrogen-bond donors (Lipinski definition) is 2. The molecule has 3 atom stereocenters. The lowest BCUT2D eigenvalue weighted by Crippen LogP contribution is -2.30. The Morgan fingerprint density at radius 2 is 2.07 bits per heavy atom. The van der Waals surface area contributed by atoms with Crippen LogP contribution in [0.15, 0.2) is 54.6 Å². The van der Waals surface area contributed by atoms with Crippen LogP contribution in [-0.4, -0.2) is 26.2 Å². The summed E-state index contributed by atoms with van der Waals surface area (Å²) < 4.78 is 18.3. The highest BCUT2D eigenvalue weighted by molar-refractivity contribution is 5.95. The molecule has 2 aromatic carbocycles. The average Bonchev–Trinajstić information content (AvgIpc) is 3.18. The van der Waals surface area contributed by atoms with Gasteiger partial charge < -0.3 is 15.4 Å². The van der Waals surface area contributed by atoms with Crippen LogP contribution in [-0.2, 0) is 4.74 Å². The van der Waals surface area contributed by atoms with E-state index < -0.39 is 0 Å². The highest BCUT2D eigenvalue weighted by atomic mass is 19.1. The lowest BCUT2D eigenvalue weighted by atomic mass is 9.76. The van der Waals surface area contributed by atoms with Gasteiger partial charge in [0.25, 0.3) is 5.91 Å². The minimum atomic E-state index is -0.222. The van der Waals surface area contributed by atoms with Gasteiger partial charge in [0.1, 0.15) is 5.82 Å². The summed E-state index contributed by atoms with van der Waals surface area (Å²) in [6.45, 7) is 0.980. The molecule has 27 heavy (non-hydrogen) atoms.